The number of nitrogens with two attached hydrogens (primary N) is 1. The van der Waals surface area contributed by atoms with Crippen LogP contribution >= 0.6 is 0 Å². The van der Waals surface area contributed by atoms with Gasteiger partial charge in [0.1, 0.15) is 5.82 Å². The molecular weight excluding hydrogens is 236 g/mol. The summed E-state index contributed by atoms with van der Waals surface area (Å²) < 4.78 is 0. The Morgan fingerprint density at radius 3 is 2.53 bits per heavy atom. The summed E-state index contributed by atoms with van der Waals surface area (Å²) in [6.45, 7) is 3.02. The SMILES string of the molecule is CC1CCC(CN)(c2n[nH]c(C3CCCC3)n2)CC1. The first-order valence-corrected chi connectivity index (χ1v) is 7.86. The van der Waals surface area contributed by atoms with Gasteiger partial charge in [0.2, 0.25) is 0 Å². The van der Waals surface area contributed by atoms with Gasteiger partial charge in [-0.15, -0.1) is 0 Å². The number of nitrogens with zero attached hydrogens (tertiary/aromatic N) is 2. The first-order valence-electron chi connectivity index (χ1n) is 7.86. The standard InChI is InChI=1S/C15H26N4/c1-11-6-8-15(10-16,9-7-11)14-17-13(18-19-14)12-4-2-3-5-12/h11-12H,2-10,16H2,1H3,(H,17,18,19). The minimum atomic E-state index is 0.0415. The van der Waals surface area contributed by atoms with Crippen LogP contribution in [-0.2, 0) is 5.41 Å². The molecular formula is C15H26N4. The second-order valence-corrected chi connectivity index (χ2v) is 6.69. The smallest absolute Gasteiger partial charge is 0.158 e. The molecule has 0 aliphatic heterocycles. The number of H-pyrrole nitrogens is 1. The zero-order chi connectivity index (χ0) is 13.3. The van der Waals surface area contributed by atoms with E-state index in [9.17, 15) is 0 Å². The van der Waals surface area contributed by atoms with Crippen LogP contribution in [0.1, 0.15) is 75.9 Å². The largest absolute Gasteiger partial charge is 0.329 e. The fourth-order valence-corrected chi connectivity index (χ4v) is 3.73. The fourth-order valence-electron chi connectivity index (χ4n) is 3.73. The van der Waals surface area contributed by atoms with E-state index < -0.39 is 0 Å². The van der Waals surface area contributed by atoms with Crippen LogP contribution in [0.15, 0.2) is 0 Å². The molecule has 1 aromatic rings. The van der Waals surface area contributed by atoms with Crippen LogP contribution in [0.4, 0.5) is 0 Å². The summed E-state index contributed by atoms with van der Waals surface area (Å²) in [5, 5.41) is 7.74. The third kappa shape index (κ3) is 2.42. The van der Waals surface area contributed by atoms with Crippen molar-refractivity contribution in [2.45, 2.75) is 69.6 Å². The number of aromatic nitrogens is 3. The van der Waals surface area contributed by atoms with Crippen LogP contribution in [0.3, 0.4) is 0 Å². The Morgan fingerprint density at radius 2 is 1.89 bits per heavy atom. The van der Waals surface area contributed by atoms with E-state index in [0.717, 1.165) is 30.4 Å². The molecule has 2 aliphatic rings. The van der Waals surface area contributed by atoms with E-state index >= 15 is 0 Å². The molecule has 2 fully saturated rings. The predicted octanol–water partition coefficient (Wildman–Crippen LogP) is 2.87. The summed E-state index contributed by atoms with van der Waals surface area (Å²) in [6, 6.07) is 0. The molecule has 0 atom stereocenters. The first-order chi connectivity index (χ1) is 9.23. The monoisotopic (exact) mass is 262 g/mol. The minimum Gasteiger partial charge on any atom is -0.329 e. The van der Waals surface area contributed by atoms with E-state index in [1.165, 1.54) is 38.5 Å². The van der Waals surface area contributed by atoms with Gasteiger partial charge in [-0.05, 0) is 44.4 Å². The van der Waals surface area contributed by atoms with Crippen LogP contribution in [0, 0.1) is 5.92 Å². The lowest BCUT2D eigenvalue weighted by atomic mass is 9.70. The highest BCUT2D eigenvalue weighted by Gasteiger charge is 2.38. The van der Waals surface area contributed by atoms with Gasteiger partial charge in [-0.3, -0.25) is 5.10 Å². The topological polar surface area (TPSA) is 67.6 Å². The summed E-state index contributed by atoms with van der Waals surface area (Å²) in [6.07, 6.45) is 10.00. The maximum Gasteiger partial charge on any atom is 0.158 e. The van der Waals surface area contributed by atoms with Gasteiger partial charge < -0.3 is 5.73 Å². The molecule has 1 heterocycles. The van der Waals surface area contributed by atoms with Crippen molar-refractivity contribution in [3.8, 4) is 0 Å². The lowest BCUT2D eigenvalue weighted by Gasteiger charge is -2.36. The highest BCUT2D eigenvalue weighted by molar-refractivity contribution is 5.13. The second-order valence-electron chi connectivity index (χ2n) is 6.69. The maximum absolute atomic E-state index is 6.08. The molecule has 0 saturated heterocycles. The predicted molar refractivity (Wildman–Crippen MR) is 76.0 cm³/mol. The molecule has 2 aliphatic carbocycles. The Labute approximate surface area is 115 Å². The van der Waals surface area contributed by atoms with Crippen molar-refractivity contribution in [1.82, 2.24) is 15.2 Å². The number of nitrogens with one attached hydrogen (secondary N) is 1. The third-order valence-corrected chi connectivity index (χ3v) is 5.34. The molecule has 4 heteroatoms. The second kappa shape index (κ2) is 5.23. The number of aromatic amines is 1. The van der Waals surface area contributed by atoms with E-state index in [2.05, 4.69) is 17.1 Å². The Bertz CT molecular complexity index is 412. The van der Waals surface area contributed by atoms with Gasteiger partial charge in [-0.25, -0.2) is 4.98 Å². The average molecular weight is 262 g/mol. The lowest BCUT2D eigenvalue weighted by molar-refractivity contribution is 0.237. The Hall–Kier alpha value is -0.900. The molecule has 0 bridgehead atoms. The first kappa shape index (κ1) is 13.1. The molecule has 0 radical (unpaired) electrons. The molecule has 0 aromatic carbocycles. The highest BCUT2D eigenvalue weighted by atomic mass is 15.2. The van der Waals surface area contributed by atoms with E-state index in [0.29, 0.717) is 12.5 Å². The maximum atomic E-state index is 6.08. The molecule has 4 nitrogen and oxygen atoms in total. The molecule has 0 spiro atoms. The van der Waals surface area contributed by atoms with Crippen LogP contribution in [0.25, 0.3) is 0 Å². The van der Waals surface area contributed by atoms with Crippen molar-refractivity contribution in [2.24, 2.45) is 11.7 Å². The van der Waals surface area contributed by atoms with Crippen LogP contribution in [-0.4, -0.2) is 21.7 Å². The highest BCUT2D eigenvalue weighted by Crippen LogP contribution is 2.40. The van der Waals surface area contributed by atoms with E-state index in [1.807, 2.05) is 0 Å². The molecule has 0 amide bonds. The zero-order valence-corrected chi connectivity index (χ0v) is 12.0. The normalized spacial score (nSPS) is 32.8. The van der Waals surface area contributed by atoms with Crippen molar-refractivity contribution < 1.29 is 0 Å². The van der Waals surface area contributed by atoms with Gasteiger partial charge in [-0.2, -0.15) is 5.10 Å². The van der Waals surface area contributed by atoms with Crippen molar-refractivity contribution in [3.63, 3.8) is 0 Å². The summed E-state index contributed by atoms with van der Waals surface area (Å²) in [7, 11) is 0. The molecule has 1 aromatic heterocycles. The van der Waals surface area contributed by atoms with Crippen molar-refractivity contribution in [1.29, 1.82) is 0 Å². The van der Waals surface area contributed by atoms with Gasteiger partial charge in [0, 0.05) is 17.9 Å². The summed E-state index contributed by atoms with van der Waals surface area (Å²) >= 11 is 0. The van der Waals surface area contributed by atoms with Crippen molar-refractivity contribution in [3.05, 3.63) is 11.6 Å². The van der Waals surface area contributed by atoms with Gasteiger partial charge in [0.05, 0.1) is 0 Å². The van der Waals surface area contributed by atoms with Gasteiger partial charge in [0.15, 0.2) is 5.82 Å². The number of rotatable bonds is 3. The summed E-state index contributed by atoms with van der Waals surface area (Å²) in [5.74, 6) is 3.54. The average Bonchev–Trinajstić information content (AvgIpc) is 3.11. The molecule has 106 valence electrons. The van der Waals surface area contributed by atoms with Crippen molar-refractivity contribution >= 4 is 0 Å². The van der Waals surface area contributed by atoms with Gasteiger partial charge in [-0.1, -0.05) is 19.8 Å². The van der Waals surface area contributed by atoms with Crippen LogP contribution < -0.4 is 5.73 Å². The van der Waals surface area contributed by atoms with Gasteiger partial charge >= 0.3 is 0 Å². The molecule has 2 saturated carbocycles. The summed E-state index contributed by atoms with van der Waals surface area (Å²) in [4.78, 5) is 4.84. The number of hydrogen-bond donors (Lipinski definition) is 2. The van der Waals surface area contributed by atoms with Gasteiger partial charge in [0.25, 0.3) is 0 Å². The zero-order valence-electron chi connectivity index (χ0n) is 12.0. The lowest BCUT2D eigenvalue weighted by Crippen LogP contribution is -2.39. The fraction of sp³-hybridized carbons (Fsp3) is 0.867. The summed E-state index contributed by atoms with van der Waals surface area (Å²) in [5.41, 5.74) is 6.13. The van der Waals surface area contributed by atoms with Crippen molar-refractivity contribution in [2.75, 3.05) is 6.54 Å². The van der Waals surface area contributed by atoms with Crippen LogP contribution in [0.5, 0.6) is 0 Å². The Morgan fingerprint density at radius 1 is 1.21 bits per heavy atom. The molecule has 3 N–H and O–H groups in total. The van der Waals surface area contributed by atoms with E-state index in [4.69, 9.17) is 10.7 Å². The molecule has 3 rings (SSSR count). The molecule has 0 unspecified atom stereocenters. The minimum absolute atomic E-state index is 0.0415. The quantitative estimate of drug-likeness (QED) is 0.880. The molecule has 19 heavy (non-hydrogen) atoms. The van der Waals surface area contributed by atoms with E-state index in [1.54, 1.807) is 0 Å². The Balaban J connectivity index is 1.79. The number of hydrogen-bond acceptors (Lipinski definition) is 3. The third-order valence-electron chi connectivity index (χ3n) is 5.34. The van der Waals surface area contributed by atoms with E-state index in [-0.39, 0.29) is 5.41 Å². The Kier molecular flexibility index (Phi) is 3.61. The van der Waals surface area contributed by atoms with Crippen LogP contribution in [0.2, 0.25) is 0 Å².